The van der Waals surface area contributed by atoms with Gasteiger partial charge >= 0.3 is 5.69 Å². The molecule has 0 atom stereocenters. The lowest BCUT2D eigenvalue weighted by Crippen LogP contribution is -2.24. The van der Waals surface area contributed by atoms with Crippen LogP contribution in [0.5, 0.6) is 11.5 Å². The molecule has 0 bridgehead atoms. The van der Waals surface area contributed by atoms with Gasteiger partial charge in [-0.3, -0.25) is 14.9 Å². The van der Waals surface area contributed by atoms with Gasteiger partial charge in [0.05, 0.1) is 15.6 Å². The second-order valence-electron chi connectivity index (χ2n) is 4.78. The van der Waals surface area contributed by atoms with Crippen LogP contribution in [-0.4, -0.2) is 28.8 Å². The van der Waals surface area contributed by atoms with E-state index >= 15 is 0 Å². The first-order valence-corrected chi connectivity index (χ1v) is 8.81. The lowest BCUT2D eigenvalue weighted by atomic mass is 10.2. The summed E-state index contributed by atoms with van der Waals surface area (Å²) in [6.07, 6.45) is 1.32. The van der Waals surface area contributed by atoms with E-state index in [2.05, 4.69) is 42.4 Å². The molecule has 2 rings (SSSR count). The Hall–Kier alpha value is -2.17. The Labute approximate surface area is 169 Å². The van der Waals surface area contributed by atoms with Gasteiger partial charge in [0.25, 0.3) is 5.91 Å². The van der Waals surface area contributed by atoms with E-state index < -0.39 is 17.4 Å². The predicted molar refractivity (Wildman–Crippen MR) is 103 cm³/mol. The summed E-state index contributed by atoms with van der Waals surface area (Å²) in [7, 11) is 0. The van der Waals surface area contributed by atoms with E-state index in [1.807, 2.05) is 0 Å². The Bertz CT molecular complexity index is 892. The summed E-state index contributed by atoms with van der Waals surface area (Å²) < 4.78 is 6.28. The summed E-state index contributed by atoms with van der Waals surface area (Å²) in [6, 6.07) is 6.92. The fourth-order valence-electron chi connectivity index (χ4n) is 1.76. The first-order chi connectivity index (χ1) is 12.3. The van der Waals surface area contributed by atoms with Crippen molar-refractivity contribution in [1.82, 2.24) is 5.43 Å². The molecular formula is C15H10Br2ClN3O5. The van der Waals surface area contributed by atoms with Crippen LogP contribution in [0.25, 0.3) is 0 Å². The summed E-state index contributed by atoms with van der Waals surface area (Å²) >= 11 is 12.2. The lowest BCUT2D eigenvalue weighted by molar-refractivity contribution is -0.385. The highest BCUT2D eigenvalue weighted by atomic mass is 79.9. The molecule has 8 nitrogen and oxygen atoms in total. The molecule has 0 aromatic heterocycles. The Kier molecular flexibility index (Phi) is 6.95. The molecule has 2 N–H and O–H groups in total. The van der Waals surface area contributed by atoms with Gasteiger partial charge in [-0.25, -0.2) is 5.43 Å². The minimum Gasteiger partial charge on any atom is -0.507 e. The van der Waals surface area contributed by atoms with E-state index in [9.17, 15) is 20.0 Å². The first kappa shape index (κ1) is 20.1. The molecule has 0 heterocycles. The van der Waals surface area contributed by atoms with Crippen molar-refractivity contribution in [2.24, 2.45) is 5.10 Å². The van der Waals surface area contributed by atoms with Crippen molar-refractivity contribution in [3.63, 3.8) is 0 Å². The average molecular weight is 508 g/mol. The van der Waals surface area contributed by atoms with Crippen LogP contribution in [0.2, 0.25) is 5.02 Å². The van der Waals surface area contributed by atoms with Gasteiger partial charge in [0.15, 0.2) is 12.4 Å². The zero-order chi connectivity index (χ0) is 19.3. The third-order valence-electron chi connectivity index (χ3n) is 2.94. The predicted octanol–water partition coefficient (Wildman–Crippen LogP) is 4.01. The van der Waals surface area contributed by atoms with Gasteiger partial charge in [-0.2, -0.15) is 5.10 Å². The molecule has 0 radical (unpaired) electrons. The fraction of sp³-hybridized carbons (Fsp3) is 0.0667. The second kappa shape index (κ2) is 8.97. The zero-order valence-corrected chi connectivity index (χ0v) is 16.7. The maximum absolute atomic E-state index is 11.7. The molecule has 1 amide bonds. The van der Waals surface area contributed by atoms with Gasteiger partial charge in [0.2, 0.25) is 0 Å². The van der Waals surface area contributed by atoms with Crippen LogP contribution >= 0.6 is 43.5 Å². The van der Waals surface area contributed by atoms with Crippen molar-refractivity contribution in [3.05, 3.63) is 60.0 Å². The normalized spacial score (nSPS) is 10.7. The molecular weight excluding hydrogens is 497 g/mol. The number of ether oxygens (including phenoxy) is 1. The highest BCUT2D eigenvalue weighted by Gasteiger charge is 2.16. The summed E-state index contributed by atoms with van der Waals surface area (Å²) in [5.74, 6) is -0.693. The standard InChI is InChI=1S/C15H10Br2ClN3O5/c16-10-5-11(17)13(22)3-8(10)6-19-20-15(23)7-26-14-2-1-9(18)4-12(14)21(24)25/h1-6,22H,7H2,(H,20,23)/b19-6-. The van der Waals surface area contributed by atoms with Gasteiger partial charge < -0.3 is 9.84 Å². The molecule has 2 aromatic rings. The van der Waals surface area contributed by atoms with E-state index in [1.54, 1.807) is 6.07 Å². The Balaban J connectivity index is 1.96. The number of nitro benzene ring substituents is 1. The Morgan fingerprint density at radius 3 is 2.77 bits per heavy atom. The number of benzene rings is 2. The summed E-state index contributed by atoms with van der Waals surface area (Å²) in [4.78, 5) is 22.0. The van der Waals surface area contributed by atoms with Gasteiger partial charge in [0, 0.05) is 21.1 Å². The van der Waals surface area contributed by atoms with E-state index in [-0.39, 0.29) is 22.2 Å². The Morgan fingerprint density at radius 1 is 1.35 bits per heavy atom. The molecule has 2 aromatic carbocycles. The number of hydrogen-bond donors (Lipinski definition) is 2. The number of hydrogen-bond acceptors (Lipinski definition) is 6. The molecule has 26 heavy (non-hydrogen) atoms. The van der Waals surface area contributed by atoms with Gasteiger partial charge in [-0.05, 0) is 40.2 Å². The summed E-state index contributed by atoms with van der Waals surface area (Å²) in [5, 5.41) is 24.5. The number of carbonyl (C=O) groups excluding carboxylic acids is 1. The number of amides is 1. The quantitative estimate of drug-likeness (QED) is 0.348. The number of nitrogens with one attached hydrogen (secondary N) is 1. The molecule has 11 heteroatoms. The van der Waals surface area contributed by atoms with Crippen LogP contribution in [-0.2, 0) is 4.79 Å². The molecule has 0 saturated heterocycles. The van der Waals surface area contributed by atoms with Crippen LogP contribution in [0.15, 0.2) is 44.4 Å². The van der Waals surface area contributed by atoms with Crippen molar-refractivity contribution < 1.29 is 19.6 Å². The first-order valence-electron chi connectivity index (χ1n) is 6.84. The number of phenols is 1. The molecule has 136 valence electrons. The Morgan fingerprint density at radius 2 is 2.08 bits per heavy atom. The molecule has 0 spiro atoms. The van der Waals surface area contributed by atoms with Crippen LogP contribution in [0.3, 0.4) is 0 Å². The number of nitro groups is 1. The topological polar surface area (TPSA) is 114 Å². The largest absolute Gasteiger partial charge is 0.507 e. The zero-order valence-electron chi connectivity index (χ0n) is 12.8. The van der Waals surface area contributed by atoms with Crippen molar-refractivity contribution in [1.29, 1.82) is 0 Å². The van der Waals surface area contributed by atoms with Gasteiger partial charge in [-0.15, -0.1) is 0 Å². The molecule has 0 fully saturated rings. The number of nitrogens with zero attached hydrogens (tertiary/aromatic N) is 2. The minimum absolute atomic E-state index is 0.0133. The van der Waals surface area contributed by atoms with E-state index in [0.29, 0.717) is 14.5 Å². The fourth-order valence-corrected chi connectivity index (χ4v) is 3.02. The van der Waals surface area contributed by atoms with Gasteiger partial charge in [-0.1, -0.05) is 27.5 Å². The highest BCUT2D eigenvalue weighted by Crippen LogP contribution is 2.30. The van der Waals surface area contributed by atoms with E-state index in [1.165, 1.54) is 24.4 Å². The summed E-state index contributed by atoms with van der Waals surface area (Å²) in [6.45, 7) is -0.480. The number of carbonyl (C=O) groups is 1. The number of halogens is 3. The van der Waals surface area contributed by atoms with Crippen molar-refractivity contribution in [2.45, 2.75) is 0 Å². The van der Waals surface area contributed by atoms with Crippen LogP contribution in [0.1, 0.15) is 5.56 Å². The third-order valence-corrected chi connectivity index (χ3v) is 4.49. The minimum atomic E-state index is -0.658. The van der Waals surface area contributed by atoms with Crippen molar-refractivity contribution in [3.8, 4) is 11.5 Å². The molecule has 0 aliphatic carbocycles. The molecule has 0 saturated carbocycles. The highest BCUT2D eigenvalue weighted by molar-refractivity contribution is 9.11. The monoisotopic (exact) mass is 505 g/mol. The maximum Gasteiger partial charge on any atom is 0.312 e. The lowest BCUT2D eigenvalue weighted by Gasteiger charge is -2.06. The maximum atomic E-state index is 11.7. The summed E-state index contributed by atoms with van der Waals surface area (Å²) in [5.41, 5.74) is 2.40. The van der Waals surface area contributed by atoms with Crippen molar-refractivity contribution >= 4 is 61.3 Å². The molecule has 0 aliphatic heterocycles. The number of hydrazone groups is 1. The average Bonchev–Trinajstić information content (AvgIpc) is 2.58. The third kappa shape index (κ3) is 5.41. The number of phenolic OH excluding ortho intramolecular Hbond substituents is 1. The van der Waals surface area contributed by atoms with Crippen molar-refractivity contribution in [2.75, 3.05) is 6.61 Å². The number of aromatic hydroxyl groups is 1. The van der Waals surface area contributed by atoms with Crippen LogP contribution in [0.4, 0.5) is 5.69 Å². The van der Waals surface area contributed by atoms with Crippen LogP contribution < -0.4 is 10.2 Å². The second-order valence-corrected chi connectivity index (χ2v) is 6.92. The van der Waals surface area contributed by atoms with Crippen LogP contribution in [0, 0.1) is 10.1 Å². The van der Waals surface area contributed by atoms with E-state index in [0.717, 1.165) is 6.07 Å². The SMILES string of the molecule is O=C(COc1ccc(Cl)cc1[N+](=O)[O-])N/N=C\c1cc(O)c(Br)cc1Br. The van der Waals surface area contributed by atoms with Gasteiger partial charge in [0.1, 0.15) is 5.75 Å². The molecule has 0 unspecified atom stereocenters. The van der Waals surface area contributed by atoms with E-state index in [4.69, 9.17) is 16.3 Å². The smallest absolute Gasteiger partial charge is 0.312 e. The number of rotatable bonds is 6. The molecule has 0 aliphatic rings.